The molecule has 1 atom stereocenters. The van der Waals surface area contributed by atoms with Gasteiger partial charge < -0.3 is 30.2 Å². The predicted octanol–water partition coefficient (Wildman–Crippen LogP) is 1.45. The zero-order valence-electron chi connectivity index (χ0n) is 16.5. The van der Waals surface area contributed by atoms with Crippen LogP contribution >= 0.6 is 0 Å². The Bertz CT molecular complexity index is 697. The summed E-state index contributed by atoms with van der Waals surface area (Å²) >= 11 is 0. The van der Waals surface area contributed by atoms with E-state index in [1.807, 2.05) is 0 Å². The lowest BCUT2D eigenvalue weighted by Crippen LogP contribution is -2.56. The van der Waals surface area contributed by atoms with E-state index in [-0.39, 0.29) is 17.9 Å². The SMILES string of the molecule is COc1ccc(NC(=O)C2(NC(=O)CC3COCCN3)CCCC2)cc1OC. The third kappa shape index (κ3) is 4.74. The van der Waals surface area contributed by atoms with Gasteiger partial charge in [0.25, 0.3) is 0 Å². The molecule has 2 aliphatic rings. The minimum atomic E-state index is -0.875. The third-order valence-corrected chi connectivity index (χ3v) is 5.34. The zero-order chi connectivity index (χ0) is 20.0. The number of anilines is 1. The van der Waals surface area contributed by atoms with Crippen LogP contribution in [-0.4, -0.2) is 57.4 Å². The number of amides is 2. The number of rotatable bonds is 7. The van der Waals surface area contributed by atoms with E-state index in [0.717, 1.165) is 19.4 Å². The van der Waals surface area contributed by atoms with Crippen molar-refractivity contribution >= 4 is 17.5 Å². The molecule has 8 heteroatoms. The topological polar surface area (TPSA) is 97.9 Å². The fourth-order valence-corrected chi connectivity index (χ4v) is 3.84. The van der Waals surface area contributed by atoms with Gasteiger partial charge in [0.2, 0.25) is 11.8 Å². The molecule has 1 aliphatic carbocycles. The van der Waals surface area contributed by atoms with Crippen LogP contribution in [0, 0.1) is 0 Å². The van der Waals surface area contributed by atoms with E-state index >= 15 is 0 Å². The van der Waals surface area contributed by atoms with Gasteiger partial charge in [0.05, 0.1) is 27.4 Å². The molecule has 1 aromatic carbocycles. The van der Waals surface area contributed by atoms with Gasteiger partial charge in [-0.25, -0.2) is 0 Å². The molecule has 154 valence electrons. The highest BCUT2D eigenvalue weighted by Crippen LogP contribution is 2.33. The highest BCUT2D eigenvalue weighted by molar-refractivity contribution is 6.01. The van der Waals surface area contributed by atoms with Crippen LogP contribution in [0.1, 0.15) is 32.1 Å². The van der Waals surface area contributed by atoms with Gasteiger partial charge in [-0.15, -0.1) is 0 Å². The predicted molar refractivity (Wildman–Crippen MR) is 105 cm³/mol. The summed E-state index contributed by atoms with van der Waals surface area (Å²) in [6.07, 6.45) is 3.37. The number of hydrogen-bond donors (Lipinski definition) is 3. The van der Waals surface area contributed by atoms with Gasteiger partial charge in [0, 0.05) is 30.8 Å². The Hall–Kier alpha value is -2.32. The van der Waals surface area contributed by atoms with Crippen LogP contribution in [0.5, 0.6) is 11.5 Å². The van der Waals surface area contributed by atoms with Gasteiger partial charge in [-0.05, 0) is 25.0 Å². The number of benzene rings is 1. The summed E-state index contributed by atoms with van der Waals surface area (Å²) in [6, 6.07) is 5.20. The Balaban J connectivity index is 1.66. The lowest BCUT2D eigenvalue weighted by atomic mass is 9.95. The Morgan fingerprint density at radius 2 is 1.96 bits per heavy atom. The van der Waals surface area contributed by atoms with Crippen molar-refractivity contribution in [3.63, 3.8) is 0 Å². The third-order valence-electron chi connectivity index (χ3n) is 5.34. The lowest BCUT2D eigenvalue weighted by Gasteiger charge is -2.30. The summed E-state index contributed by atoms with van der Waals surface area (Å²) < 4.78 is 15.9. The average Bonchev–Trinajstić information content (AvgIpc) is 3.18. The molecule has 28 heavy (non-hydrogen) atoms. The van der Waals surface area contributed by atoms with Crippen molar-refractivity contribution in [1.29, 1.82) is 0 Å². The van der Waals surface area contributed by atoms with E-state index in [2.05, 4.69) is 16.0 Å². The van der Waals surface area contributed by atoms with Gasteiger partial charge in [-0.1, -0.05) is 12.8 Å². The number of carbonyl (C=O) groups is 2. The second-order valence-corrected chi connectivity index (χ2v) is 7.29. The molecular weight excluding hydrogens is 362 g/mol. The second kappa shape index (κ2) is 9.25. The molecule has 1 saturated carbocycles. The van der Waals surface area contributed by atoms with Crippen molar-refractivity contribution in [2.45, 2.75) is 43.7 Å². The first-order valence-corrected chi connectivity index (χ1v) is 9.72. The van der Waals surface area contributed by atoms with E-state index in [4.69, 9.17) is 14.2 Å². The van der Waals surface area contributed by atoms with E-state index in [0.29, 0.717) is 49.7 Å². The molecule has 0 radical (unpaired) electrons. The van der Waals surface area contributed by atoms with E-state index in [9.17, 15) is 9.59 Å². The lowest BCUT2D eigenvalue weighted by molar-refractivity contribution is -0.131. The van der Waals surface area contributed by atoms with Crippen LogP contribution in [-0.2, 0) is 14.3 Å². The maximum Gasteiger partial charge on any atom is 0.250 e. The normalized spacial score (nSPS) is 21.0. The monoisotopic (exact) mass is 391 g/mol. The maximum atomic E-state index is 13.1. The van der Waals surface area contributed by atoms with Crippen LogP contribution in [0.25, 0.3) is 0 Å². The largest absolute Gasteiger partial charge is 0.493 e. The first-order chi connectivity index (χ1) is 13.6. The van der Waals surface area contributed by atoms with Crippen molar-refractivity contribution in [3.05, 3.63) is 18.2 Å². The summed E-state index contributed by atoms with van der Waals surface area (Å²) in [5, 5.41) is 9.21. The quantitative estimate of drug-likeness (QED) is 0.651. The first-order valence-electron chi connectivity index (χ1n) is 9.72. The smallest absolute Gasteiger partial charge is 0.250 e. The fraction of sp³-hybridized carbons (Fsp3) is 0.600. The molecule has 8 nitrogen and oxygen atoms in total. The fourth-order valence-electron chi connectivity index (χ4n) is 3.84. The second-order valence-electron chi connectivity index (χ2n) is 7.29. The van der Waals surface area contributed by atoms with Crippen LogP contribution in [0.2, 0.25) is 0 Å². The van der Waals surface area contributed by atoms with Crippen molar-refractivity contribution < 1.29 is 23.8 Å². The number of methoxy groups -OCH3 is 2. The van der Waals surface area contributed by atoms with Crippen LogP contribution in [0.3, 0.4) is 0 Å². The van der Waals surface area contributed by atoms with Gasteiger partial charge >= 0.3 is 0 Å². The number of carbonyl (C=O) groups excluding carboxylic acids is 2. The molecule has 0 aromatic heterocycles. The Labute approximate surface area is 165 Å². The molecule has 2 amide bonds. The van der Waals surface area contributed by atoms with E-state index < -0.39 is 5.54 Å². The van der Waals surface area contributed by atoms with Crippen molar-refractivity contribution in [2.75, 3.05) is 39.3 Å². The molecule has 0 bridgehead atoms. The molecule has 3 rings (SSSR count). The molecule has 3 N–H and O–H groups in total. The van der Waals surface area contributed by atoms with Crippen molar-refractivity contribution in [2.24, 2.45) is 0 Å². The molecule has 2 fully saturated rings. The minimum Gasteiger partial charge on any atom is -0.493 e. The van der Waals surface area contributed by atoms with Gasteiger partial charge in [0.15, 0.2) is 11.5 Å². The summed E-state index contributed by atoms with van der Waals surface area (Å²) in [5.74, 6) is 0.797. The summed E-state index contributed by atoms with van der Waals surface area (Å²) in [7, 11) is 3.11. The van der Waals surface area contributed by atoms with E-state index in [1.54, 1.807) is 32.4 Å². The van der Waals surface area contributed by atoms with Gasteiger partial charge in [-0.3, -0.25) is 9.59 Å². The zero-order valence-corrected chi connectivity index (χ0v) is 16.5. The summed E-state index contributed by atoms with van der Waals surface area (Å²) in [5.41, 5.74) is -0.273. The number of hydrogen-bond acceptors (Lipinski definition) is 6. The Morgan fingerprint density at radius 1 is 1.21 bits per heavy atom. The number of nitrogens with one attached hydrogen (secondary N) is 3. The van der Waals surface area contributed by atoms with Crippen molar-refractivity contribution in [1.82, 2.24) is 10.6 Å². The first kappa shape index (κ1) is 20.4. The molecule has 0 spiro atoms. The molecular formula is C20H29N3O5. The minimum absolute atomic E-state index is 0.0129. The van der Waals surface area contributed by atoms with Crippen LogP contribution < -0.4 is 25.4 Å². The summed E-state index contributed by atoms with van der Waals surface area (Å²) in [4.78, 5) is 25.7. The Kier molecular flexibility index (Phi) is 6.74. The van der Waals surface area contributed by atoms with Gasteiger partial charge in [-0.2, -0.15) is 0 Å². The Morgan fingerprint density at radius 3 is 2.61 bits per heavy atom. The summed E-state index contributed by atoms with van der Waals surface area (Å²) in [6.45, 7) is 1.91. The molecule has 1 heterocycles. The number of ether oxygens (including phenoxy) is 3. The maximum absolute atomic E-state index is 13.1. The van der Waals surface area contributed by atoms with Gasteiger partial charge in [0.1, 0.15) is 5.54 Å². The highest BCUT2D eigenvalue weighted by atomic mass is 16.5. The molecule has 1 unspecified atom stereocenters. The van der Waals surface area contributed by atoms with Crippen LogP contribution in [0.4, 0.5) is 5.69 Å². The average molecular weight is 391 g/mol. The molecule has 1 aliphatic heterocycles. The molecule has 1 saturated heterocycles. The van der Waals surface area contributed by atoms with Crippen molar-refractivity contribution in [3.8, 4) is 11.5 Å². The highest BCUT2D eigenvalue weighted by Gasteiger charge is 2.42. The standard InChI is InChI=1S/C20H29N3O5/c1-26-16-6-5-14(11-17(16)27-2)22-19(25)20(7-3-4-8-20)23-18(24)12-15-13-28-10-9-21-15/h5-6,11,15,21H,3-4,7-10,12-13H2,1-2H3,(H,22,25)(H,23,24). The van der Waals surface area contributed by atoms with Crippen LogP contribution in [0.15, 0.2) is 18.2 Å². The molecule has 1 aromatic rings. The van der Waals surface area contributed by atoms with E-state index in [1.165, 1.54) is 0 Å². The number of morpholine rings is 1.